The minimum absolute atomic E-state index is 0.0167. The second-order valence-corrected chi connectivity index (χ2v) is 9.10. The predicted octanol–water partition coefficient (Wildman–Crippen LogP) is 2.82. The van der Waals surface area contributed by atoms with Crippen molar-refractivity contribution in [3.63, 3.8) is 0 Å². The van der Waals surface area contributed by atoms with Gasteiger partial charge in [-0.2, -0.15) is 5.26 Å². The first-order valence-corrected chi connectivity index (χ1v) is 11.8. The molecule has 2 aliphatic rings. The normalized spacial score (nSPS) is 20.5. The monoisotopic (exact) mass is 486 g/mol. The number of nitrogens with one attached hydrogen (secondary N) is 1. The molecule has 2 fully saturated rings. The fourth-order valence-electron chi connectivity index (χ4n) is 4.37. The van der Waals surface area contributed by atoms with E-state index in [2.05, 4.69) is 21.2 Å². The summed E-state index contributed by atoms with van der Waals surface area (Å²) in [5, 5.41) is 11.9. The molecule has 34 heavy (non-hydrogen) atoms. The number of ether oxygens (including phenoxy) is 2. The smallest absolute Gasteiger partial charge is 0.234 e. The van der Waals surface area contributed by atoms with E-state index in [1.807, 2.05) is 12.1 Å². The van der Waals surface area contributed by atoms with Crippen molar-refractivity contribution >= 4 is 17.5 Å². The highest BCUT2D eigenvalue weighted by Crippen LogP contribution is 2.21. The summed E-state index contributed by atoms with van der Waals surface area (Å²) in [4.78, 5) is 16.9. The first-order valence-electron chi connectivity index (χ1n) is 11.4. The highest BCUT2D eigenvalue weighted by atomic mass is 35.5. The third-order valence-corrected chi connectivity index (χ3v) is 6.26. The van der Waals surface area contributed by atoms with E-state index < -0.39 is 5.82 Å². The number of carbonyl (C=O) groups excluding carboxylic acids is 1. The second kappa shape index (κ2) is 11.6. The van der Waals surface area contributed by atoms with Crippen LogP contribution >= 0.6 is 11.6 Å². The Bertz CT molecular complexity index is 1020. The standard InChI is InChI=1S/C25H28ClFN4O3/c26-23-7-6-20(10-24(23)27)33-9-1-8-30-13-21-15-31(16-22(14-30)34-21)17-25(32)29-12-19-4-2-18(11-28)3-5-19/h2-7,10,21-22H,1,8-9,12-17H2,(H,29,32). The summed E-state index contributed by atoms with van der Waals surface area (Å²) < 4.78 is 25.2. The van der Waals surface area contributed by atoms with E-state index in [-0.39, 0.29) is 23.1 Å². The maximum Gasteiger partial charge on any atom is 0.234 e. The van der Waals surface area contributed by atoms with Crippen LogP contribution in [0.2, 0.25) is 5.02 Å². The molecule has 0 aromatic heterocycles. The van der Waals surface area contributed by atoms with E-state index in [1.165, 1.54) is 12.1 Å². The Morgan fingerprint density at radius 1 is 1.15 bits per heavy atom. The van der Waals surface area contributed by atoms with E-state index in [0.717, 1.165) is 44.7 Å². The summed E-state index contributed by atoms with van der Waals surface area (Å²) in [5.41, 5.74) is 1.57. The molecule has 2 aromatic rings. The lowest BCUT2D eigenvalue weighted by molar-refractivity contribution is -0.145. The highest BCUT2D eigenvalue weighted by molar-refractivity contribution is 6.30. The molecule has 2 heterocycles. The van der Waals surface area contributed by atoms with Crippen LogP contribution in [-0.4, -0.2) is 73.8 Å². The first-order chi connectivity index (χ1) is 16.5. The summed E-state index contributed by atoms with van der Waals surface area (Å²) in [6.07, 6.45) is 0.973. The number of fused-ring (bicyclic) bond motifs is 2. The average Bonchev–Trinajstić information content (AvgIpc) is 2.82. The van der Waals surface area contributed by atoms with Crippen molar-refractivity contribution in [3.05, 3.63) is 64.4 Å². The van der Waals surface area contributed by atoms with Crippen LogP contribution < -0.4 is 10.1 Å². The Labute approximate surface area is 204 Å². The van der Waals surface area contributed by atoms with Crippen LogP contribution in [0, 0.1) is 17.1 Å². The minimum atomic E-state index is -0.479. The van der Waals surface area contributed by atoms with Gasteiger partial charge < -0.3 is 14.8 Å². The van der Waals surface area contributed by atoms with Gasteiger partial charge in [0, 0.05) is 45.3 Å². The van der Waals surface area contributed by atoms with Gasteiger partial charge in [-0.05, 0) is 36.2 Å². The molecule has 2 atom stereocenters. The average molecular weight is 487 g/mol. The molecule has 0 saturated carbocycles. The van der Waals surface area contributed by atoms with E-state index in [4.69, 9.17) is 26.3 Å². The van der Waals surface area contributed by atoms with Crippen molar-refractivity contribution in [2.24, 2.45) is 0 Å². The molecule has 9 heteroatoms. The SMILES string of the molecule is N#Cc1ccc(CNC(=O)CN2CC3CN(CCCOc4ccc(Cl)c(F)c4)CC(C2)O3)cc1. The highest BCUT2D eigenvalue weighted by Gasteiger charge is 2.35. The topological polar surface area (TPSA) is 77.8 Å². The first kappa shape index (κ1) is 24.4. The number of hydrogen-bond donors (Lipinski definition) is 1. The zero-order chi connectivity index (χ0) is 23.9. The molecule has 0 aliphatic carbocycles. The molecule has 2 aliphatic heterocycles. The molecule has 0 spiro atoms. The molecule has 2 bridgehead atoms. The van der Waals surface area contributed by atoms with Crippen LogP contribution in [0.4, 0.5) is 4.39 Å². The summed E-state index contributed by atoms with van der Waals surface area (Å²) in [6.45, 7) is 5.23. The number of nitrogens with zero attached hydrogens (tertiary/aromatic N) is 3. The Hall–Kier alpha value is -2.70. The fraction of sp³-hybridized carbons (Fsp3) is 0.440. The van der Waals surface area contributed by atoms with Gasteiger partial charge in [-0.25, -0.2) is 4.39 Å². The number of morpholine rings is 2. The molecular formula is C25H28ClFN4O3. The van der Waals surface area contributed by atoms with Gasteiger partial charge in [0.05, 0.1) is 42.0 Å². The number of rotatable bonds is 9. The van der Waals surface area contributed by atoms with Gasteiger partial charge >= 0.3 is 0 Å². The van der Waals surface area contributed by atoms with Crippen LogP contribution in [-0.2, 0) is 16.1 Å². The summed E-state index contributed by atoms with van der Waals surface area (Å²) in [6, 6.07) is 13.8. The number of amides is 1. The largest absolute Gasteiger partial charge is 0.493 e. The van der Waals surface area contributed by atoms with Crippen LogP contribution in [0.3, 0.4) is 0 Å². The molecule has 2 aromatic carbocycles. The van der Waals surface area contributed by atoms with Crippen molar-refractivity contribution in [1.82, 2.24) is 15.1 Å². The quantitative estimate of drug-likeness (QED) is 0.549. The van der Waals surface area contributed by atoms with Crippen LogP contribution in [0.1, 0.15) is 17.5 Å². The van der Waals surface area contributed by atoms with Crippen molar-refractivity contribution in [2.45, 2.75) is 25.2 Å². The molecule has 1 N–H and O–H groups in total. The minimum Gasteiger partial charge on any atom is -0.493 e. The third kappa shape index (κ3) is 6.90. The number of benzene rings is 2. The van der Waals surface area contributed by atoms with Crippen LogP contribution in [0.5, 0.6) is 5.75 Å². The maximum atomic E-state index is 13.5. The maximum absolute atomic E-state index is 13.5. The Morgan fingerprint density at radius 3 is 2.53 bits per heavy atom. The number of halogens is 2. The lowest BCUT2D eigenvalue weighted by Gasteiger charge is -2.45. The molecule has 180 valence electrons. The predicted molar refractivity (Wildman–Crippen MR) is 126 cm³/mol. The van der Waals surface area contributed by atoms with Gasteiger partial charge in [-0.15, -0.1) is 0 Å². The lowest BCUT2D eigenvalue weighted by Crippen LogP contribution is -2.60. The molecular weight excluding hydrogens is 459 g/mol. The van der Waals surface area contributed by atoms with Crippen LogP contribution in [0.15, 0.2) is 42.5 Å². The van der Waals surface area contributed by atoms with Crippen molar-refractivity contribution in [2.75, 3.05) is 45.9 Å². The second-order valence-electron chi connectivity index (χ2n) is 8.70. The number of nitriles is 1. The van der Waals surface area contributed by atoms with Gasteiger partial charge in [-0.3, -0.25) is 14.6 Å². The Kier molecular flexibility index (Phi) is 8.35. The zero-order valence-electron chi connectivity index (χ0n) is 18.9. The Morgan fingerprint density at radius 2 is 1.85 bits per heavy atom. The molecule has 2 saturated heterocycles. The number of carbonyl (C=O) groups is 1. The lowest BCUT2D eigenvalue weighted by atomic mass is 10.1. The zero-order valence-corrected chi connectivity index (χ0v) is 19.6. The summed E-state index contributed by atoms with van der Waals surface area (Å²) in [5.74, 6) is -0.0153. The van der Waals surface area contributed by atoms with E-state index in [9.17, 15) is 9.18 Å². The van der Waals surface area contributed by atoms with Gasteiger partial charge in [-0.1, -0.05) is 23.7 Å². The van der Waals surface area contributed by atoms with E-state index >= 15 is 0 Å². The Balaban J connectivity index is 1.14. The molecule has 4 rings (SSSR count). The fourth-order valence-corrected chi connectivity index (χ4v) is 4.49. The van der Waals surface area contributed by atoms with Crippen molar-refractivity contribution < 1.29 is 18.7 Å². The molecule has 0 radical (unpaired) electrons. The molecule has 7 nitrogen and oxygen atoms in total. The summed E-state index contributed by atoms with van der Waals surface area (Å²) >= 11 is 5.69. The number of hydrogen-bond acceptors (Lipinski definition) is 6. The van der Waals surface area contributed by atoms with Crippen LogP contribution in [0.25, 0.3) is 0 Å². The van der Waals surface area contributed by atoms with E-state index in [0.29, 0.717) is 31.0 Å². The van der Waals surface area contributed by atoms with Gasteiger partial charge in [0.25, 0.3) is 0 Å². The third-order valence-electron chi connectivity index (χ3n) is 5.95. The summed E-state index contributed by atoms with van der Waals surface area (Å²) in [7, 11) is 0. The molecule has 1 amide bonds. The van der Waals surface area contributed by atoms with Gasteiger partial charge in [0.15, 0.2) is 0 Å². The van der Waals surface area contributed by atoms with E-state index in [1.54, 1.807) is 18.2 Å². The van der Waals surface area contributed by atoms with Gasteiger partial charge in [0.1, 0.15) is 11.6 Å². The van der Waals surface area contributed by atoms with Crippen molar-refractivity contribution in [1.29, 1.82) is 5.26 Å². The van der Waals surface area contributed by atoms with Gasteiger partial charge in [0.2, 0.25) is 5.91 Å². The molecule has 2 unspecified atom stereocenters. The van der Waals surface area contributed by atoms with Crippen molar-refractivity contribution in [3.8, 4) is 11.8 Å².